The Bertz CT molecular complexity index is 551. The van der Waals surface area contributed by atoms with Gasteiger partial charge in [-0.2, -0.15) is 18.4 Å². The largest absolute Gasteiger partial charge is 0.480 e. The number of carboxylic acids is 1. The average molecular weight is 294 g/mol. The number of nitrogens with zero attached hydrogens (tertiary/aromatic N) is 1. The smallest absolute Gasteiger partial charge is 0.425 e. The third kappa shape index (κ3) is 3.29. The number of nitriles is 1. The maximum absolute atomic E-state index is 12.4. The summed E-state index contributed by atoms with van der Waals surface area (Å²) in [5, 5.41) is 17.1. The van der Waals surface area contributed by atoms with Crippen LogP contribution in [0.25, 0.3) is 0 Å². The van der Waals surface area contributed by atoms with E-state index < -0.39 is 34.6 Å². The summed E-state index contributed by atoms with van der Waals surface area (Å²) in [6.45, 7) is 0.734. The lowest BCUT2D eigenvalue weighted by atomic mass is 10.1. The molecule has 0 spiro atoms. The zero-order valence-electron chi connectivity index (χ0n) is 9.45. The van der Waals surface area contributed by atoms with Crippen LogP contribution in [0.5, 0.6) is 5.75 Å². The molecule has 0 aliphatic carbocycles. The van der Waals surface area contributed by atoms with Crippen LogP contribution < -0.4 is 4.74 Å². The van der Waals surface area contributed by atoms with Crippen molar-refractivity contribution >= 4 is 17.6 Å². The quantitative estimate of drug-likeness (QED) is 0.928. The second-order valence-corrected chi connectivity index (χ2v) is 3.90. The van der Waals surface area contributed by atoms with E-state index in [0.717, 1.165) is 19.1 Å². The molecule has 0 unspecified atom stereocenters. The molecule has 0 heterocycles. The van der Waals surface area contributed by atoms with E-state index >= 15 is 0 Å². The zero-order valence-corrected chi connectivity index (χ0v) is 10.2. The van der Waals surface area contributed by atoms with Crippen molar-refractivity contribution in [3.8, 4) is 11.8 Å². The van der Waals surface area contributed by atoms with Crippen molar-refractivity contribution in [3.63, 3.8) is 0 Å². The van der Waals surface area contributed by atoms with Gasteiger partial charge in [0.05, 0.1) is 10.6 Å². The Kier molecular flexibility index (Phi) is 4.27. The highest BCUT2D eigenvalue weighted by molar-refractivity contribution is 6.35. The first-order valence-corrected chi connectivity index (χ1v) is 5.25. The minimum atomic E-state index is -4.64. The molecular formula is C11H7ClF3NO3. The van der Waals surface area contributed by atoms with Gasteiger partial charge in [-0.15, -0.1) is 0 Å². The van der Waals surface area contributed by atoms with Crippen molar-refractivity contribution in [1.82, 2.24) is 0 Å². The summed E-state index contributed by atoms with van der Waals surface area (Å²) in [6.07, 6.45) is -6.84. The van der Waals surface area contributed by atoms with Crippen molar-refractivity contribution in [3.05, 3.63) is 28.3 Å². The fourth-order valence-corrected chi connectivity index (χ4v) is 1.48. The SMILES string of the molecule is C[C@H](Oc1ccc(C#N)c(Cl)c1C(=O)O)C(F)(F)F. The van der Waals surface area contributed by atoms with E-state index in [1.807, 2.05) is 0 Å². The molecule has 102 valence electrons. The lowest BCUT2D eigenvalue weighted by Gasteiger charge is -2.19. The van der Waals surface area contributed by atoms with Crippen LogP contribution in [0, 0.1) is 11.3 Å². The standard InChI is InChI=1S/C11H7ClF3NO3/c1-5(11(13,14)15)19-7-3-2-6(4-16)9(12)8(7)10(17)18/h2-3,5H,1H3,(H,17,18)/t5-/m0/s1. The van der Waals surface area contributed by atoms with Crippen molar-refractivity contribution in [1.29, 1.82) is 5.26 Å². The molecule has 0 saturated heterocycles. The van der Waals surface area contributed by atoms with E-state index in [2.05, 4.69) is 4.74 Å². The molecule has 0 amide bonds. The maximum Gasteiger partial charge on any atom is 0.425 e. The Morgan fingerprint density at radius 3 is 2.53 bits per heavy atom. The van der Waals surface area contributed by atoms with Crippen LogP contribution in [-0.2, 0) is 0 Å². The minimum absolute atomic E-state index is 0.161. The van der Waals surface area contributed by atoms with Gasteiger partial charge in [0.1, 0.15) is 17.4 Å². The first-order chi connectivity index (χ1) is 8.68. The second kappa shape index (κ2) is 5.36. The molecule has 0 aliphatic heterocycles. The van der Waals surface area contributed by atoms with Crippen molar-refractivity contribution in [2.24, 2.45) is 0 Å². The van der Waals surface area contributed by atoms with Gasteiger partial charge in [-0.25, -0.2) is 4.79 Å². The molecule has 0 radical (unpaired) electrons. The lowest BCUT2D eigenvalue weighted by molar-refractivity contribution is -0.189. The molecule has 1 N–H and O–H groups in total. The van der Waals surface area contributed by atoms with Crippen LogP contribution in [0.3, 0.4) is 0 Å². The highest BCUT2D eigenvalue weighted by atomic mass is 35.5. The van der Waals surface area contributed by atoms with Crippen LogP contribution in [0.15, 0.2) is 12.1 Å². The first kappa shape index (κ1) is 15.1. The van der Waals surface area contributed by atoms with E-state index in [4.69, 9.17) is 22.0 Å². The summed E-state index contributed by atoms with van der Waals surface area (Å²) in [5.74, 6) is -2.12. The molecule has 19 heavy (non-hydrogen) atoms. The molecule has 4 nitrogen and oxygen atoms in total. The Morgan fingerprint density at radius 1 is 1.53 bits per heavy atom. The maximum atomic E-state index is 12.4. The molecular weight excluding hydrogens is 287 g/mol. The number of hydrogen-bond acceptors (Lipinski definition) is 3. The fourth-order valence-electron chi connectivity index (χ4n) is 1.20. The average Bonchev–Trinajstić information content (AvgIpc) is 2.27. The number of hydrogen-bond donors (Lipinski definition) is 1. The van der Waals surface area contributed by atoms with Gasteiger partial charge in [0.25, 0.3) is 0 Å². The number of carbonyl (C=O) groups is 1. The van der Waals surface area contributed by atoms with Crippen LogP contribution in [0.1, 0.15) is 22.8 Å². The van der Waals surface area contributed by atoms with E-state index in [1.54, 1.807) is 6.07 Å². The molecule has 1 rings (SSSR count). The topological polar surface area (TPSA) is 70.3 Å². The predicted octanol–water partition coefficient (Wildman–Crippen LogP) is 3.24. The molecule has 0 aromatic heterocycles. The summed E-state index contributed by atoms with van der Waals surface area (Å²) in [6, 6.07) is 3.69. The van der Waals surface area contributed by atoms with Gasteiger partial charge in [0, 0.05) is 0 Å². The van der Waals surface area contributed by atoms with Crippen LogP contribution >= 0.6 is 11.6 Å². The lowest BCUT2D eigenvalue weighted by Crippen LogP contribution is -2.31. The van der Waals surface area contributed by atoms with E-state index in [0.29, 0.717) is 0 Å². The van der Waals surface area contributed by atoms with E-state index in [-0.39, 0.29) is 5.56 Å². The number of ether oxygens (including phenoxy) is 1. The van der Waals surface area contributed by atoms with E-state index in [1.165, 1.54) is 0 Å². The zero-order chi connectivity index (χ0) is 14.8. The summed E-state index contributed by atoms with van der Waals surface area (Å²) in [4.78, 5) is 11.0. The van der Waals surface area contributed by atoms with E-state index in [9.17, 15) is 18.0 Å². The summed E-state index contributed by atoms with van der Waals surface area (Å²) < 4.78 is 41.6. The van der Waals surface area contributed by atoms with Gasteiger partial charge < -0.3 is 9.84 Å². The van der Waals surface area contributed by atoms with Crippen molar-refractivity contribution in [2.75, 3.05) is 0 Å². The Morgan fingerprint density at radius 2 is 2.11 bits per heavy atom. The summed E-state index contributed by atoms with van der Waals surface area (Å²) in [7, 11) is 0. The Labute approximate surface area is 111 Å². The predicted molar refractivity (Wildman–Crippen MR) is 59.3 cm³/mol. The molecule has 0 saturated carbocycles. The Balaban J connectivity index is 3.27. The molecule has 1 atom stereocenters. The minimum Gasteiger partial charge on any atom is -0.480 e. The molecule has 8 heteroatoms. The summed E-state index contributed by atoms with van der Waals surface area (Å²) in [5.41, 5.74) is -0.831. The number of aromatic carboxylic acids is 1. The Hall–Kier alpha value is -1.94. The van der Waals surface area contributed by atoms with Gasteiger partial charge in [0.2, 0.25) is 0 Å². The first-order valence-electron chi connectivity index (χ1n) is 4.87. The van der Waals surface area contributed by atoms with Crippen molar-refractivity contribution in [2.45, 2.75) is 19.2 Å². The van der Waals surface area contributed by atoms with Crippen LogP contribution in [0.4, 0.5) is 13.2 Å². The molecule has 1 aromatic rings. The number of alkyl halides is 3. The molecule has 1 aromatic carbocycles. The molecule has 0 aliphatic rings. The third-order valence-electron chi connectivity index (χ3n) is 2.20. The number of benzene rings is 1. The van der Waals surface area contributed by atoms with Crippen molar-refractivity contribution < 1.29 is 27.8 Å². The normalized spacial score (nSPS) is 12.6. The molecule has 0 fully saturated rings. The highest BCUT2D eigenvalue weighted by Gasteiger charge is 2.39. The van der Waals surface area contributed by atoms with Gasteiger partial charge >= 0.3 is 12.1 Å². The number of rotatable bonds is 3. The number of carboxylic acid groups (broad SMARTS) is 1. The van der Waals surface area contributed by atoms with Gasteiger partial charge in [0.15, 0.2) is 6.10 Å². The highest BCUT2D eigenvalue weighted by Crippen LogP contribution is 2.32. The monoisotopic (exact) mass is 293 g/mol. The third-order valence-corrected chi connectivity index (χ3v) is 2.60. The van der Waals surface area contributed by atoms with Gasteiger partial charge in [-0.3, -0.25) is 0 Å². The van der Waals surface area contributed by atoms with Crippen LogP contribution in [0.2, 0.25) is 5.02 Å². The van der Waals surface area contributed by atoms with Gasteiger partial charge in [-0.05, 0) is 19.1 Å². The van der Waals surface area contributed by atoms with Gasteiger partial charge in [-0.1, -0.05) is 11.6 Å². The molecule has 0 bridgehead atoms. The second-order valence-electron chi connectivity index (χ2n) is 3.52. The number of halogens is 4. The fraction of sp³-hybridized carbons (Fsp3) is 0.273. The summed E-state index contributed by atoms with van der Waals surface area (Å²) >= 11 is 5.64. The van der Waals surface area contributed by atoms with Crippen LogP contribution in [-0.4, -0.2) is 23.4 Å².